The third kappa shape index (κ3) is 2.57. The molecule has 2 unspecified atom stereocenters. The Hall–Kier alpha value is -0.300. The van der Waals surface area contributed by atoms with E-state index in [1.807, 2.05) is 13.0 Å². The largest absolute Gasteiger partial charge is 0.389 e. The molecule has 13 heavy (non-hydrogen) atoms. The highest BCUT2D eigenvalue weighted by molar-refractivity contribution is 5.18. The summed E-state index contributed by atoms with van der Waals surface area (Å²) in [5.41, 5.74) is 1.75. The molecule has 1 nitrogen and oxygen atoms in total. The molecule has 1 heteroatoms. The summed E-state index contributed by atoms with van der Waals surface area (Å²) < 4.78 is 0. The average molecular weight is 182 g/mol. The van der Waals surface area contributed by atoms with E-state index in [-0.39, 0.29) is 6.10 Å². The third-order valence-corrected chi connectivity index (χ3v) is 3.17. The van der Waals surface area contributed by atoms with Gasteiger partial charge in [0.15, 0.2) is 0 Å². The minimum absolute atomic E-state index is 0.296. The van der Waals surface area contributed by atoms with Gasteiger partial charge in [-0.1, -0.05) is 38.8 Å². The lowest BCUT2D eigenvalue weighted by Crippen LogP contribution is -2.26. The van der Waals surface area contributed by atoms with Gasteiger partial charge in [-0.25, -0.2) is 0 Å². The van der Waals surface area contributed by atoms with Crippen LogP contribution in [0.4, 0.5) is 0 Å². The van der Waals surface area contributed by atoms with Crippen molar-refractivity contribution in [3.05, 3.63) is 11.6 Å². The summed E-state index contributed by atoms with van der Waals surface area (Å²) in [7, 11) is 0. The summed E-state index contributed by atoms with van der Waals surface area (Å²) in [6.07, 6.45) is 5.61. The van der Waals surface area contributed by atoms with E-state index in [1.54, 1.807) is 0 Å². The zero-order chi connectivity index (χ0) is 10.1. The van der Waals surface area contributed by atoms with Gasteiger partial charge in [0.1, 0.15) is 0 Å². The van der Waals surface area contributed by atoms with E-state index in [0.717, 1.165) is 0 Å². The van der Waals surface area contributed by atoms with E-state index in [1.165, 1.54) is 24.8 Å². The molecule has 0 heterocycles. The molecule has 0 aromatic rings. The van der Waals surface area contributed by atoms with Gasteiger partial charge in [0.05, 0.1) is 6.10 Å². The van der Waals surface area contributed by atoms with Gasteiger partial charge in [0.25, 0.3) is 0 Å². The van der Waals surface area contributed by atoms with Crippen molar-refractivity contribution in [2.45, 2.75) is 53.1 Å². The lowest BCUT2D eigenvalue weighted by atomic mass is 9.68. The predicted molar refractivity (Wildman–Crippen MR) is 56.6 cm³/mol. The highest BCUT2D eigenvalue weighted by Gasteiger charge is 2.30. The van der Waals surface area contributed by atoms with Crippen molar-refractivity contribution in [1.82, 2.24) is 0 Å². The van der Waals surface area contributed by atoms with Gasteiger partial charge in [0.2, 0.25) is 0 Å². The fourth-order valence-electron chi connectivity index (χ4n) is 2.47. The van der Waals surface area contributed by atoms with Crippen LogP contribution >= 0.6 is 0 Å². The second-order valence-electron chi connectivity index (χ2n) is 5.04. The fourth-order valence-corrected chi connectivity index (χ4v) is 2.47. The Balaban J connectivity index is 2.87. The van der Waals surface area contributed by atoms with Crippen LogP contribution in [0.5, 0.6) is 0 Å². The summed E-state index contributed by atoms with van der Waals surface area (Å²) in [5.74, 6) is 0.651. The number of aliphatic hydroxyl groups excluding tert-OH is 1. The van der Waals surface area contributed by atoms with E-state index in [2.05, 4.69) is 20.8 Å². The second kappa shape index (κ2) is 3.83. The van der Waals surface area contributed by atoms with Crippen LogP contribution in [0.1, 0.15) is 47.0 Å². The fraction of sp³-hybridized carbons (Fsp3) is 0.833. The molecule has 0 aromatic heterocycles. The van der Waals surface area contributed by atoms with E-state index in [4.69, 9.17) is 0 Å². The molecule has 0 amide bonds. The molecule has 0 aromatic carbocycles. The van der Waals surface area contributed by atoms with Gasteiger partial charge < -0.3 is 5.11 Å². The first kappa shape index (κ1) is 10.8. The van der Waals surface area contributed by atoms with Gasteiger partial charge in [-0.3, -0.25) is 0 Å². The standard InChI is InChI=1S/C12H22O/c1-9-6-5-7-12(3,4)11(9)8-10(2)13/h8-10,13H,5-7H2,1-4H3/b11-8-. The first-order valence-electron chi connectivity index (χ1n) is 5.34. The van der Waals surface area contributed by atoms with Gasteiger partial charge in [-0.2, -0.15) is 0 Å². The smallest absolute Gasteiger partial charge is 0.0695 e. The molecule has 0 saturated heterocycles. The van der Waals surface area contributed by atoms with Crippen LogP contribution in [0, 0.1) is 11.3 Å². The van der Waals surface area contributed by atoms with E-state index < -0.39 is 0 Å². The van der Waals surface area contributed by atoms with Crippen LogP contribution in [0.3, 0.4) is 0 Å². The van der Waals surface area contributed by atoms with Crippen molar-refractivity contribution in [1.29, 1.82) is 0 Å². The molecule has 1 aliphatic carbocycles. The zero-order valence-corrected chi connectivity index (χ0v) is 9.30. The van der Waals surface area contributed by atoms with Crippen LogP contribution in [-0.2, 0) is 0 Å². The summed E-state index contributed by atoms with van der Waals surface area (Å²) >= 11 is 0. The normalized spacial score (nSPS) is 33.3. The second-order valence-corrected chi connectivity index (χ2v) is 5.04. The maximum absolute atomic E-state index is 9.38. The van der Waals surface area contributed by atoms with E-state index in [0.29, 0.717) is 11.3 Å². The average Bonchev–Trinajstić information content (AvgIpc) is 1.96. The summed E-state index contributed by atoms with van der Waals surface area (Å²) in [4.78, 5) is 0. The molecular formula is C12H22O. The maximum Gasteiger partial charge on any atom is 0.0695 e. The molecule has 1 rings (SSSR count). The summed E-state index contributed by atoms with van der Waals surface area (Å²) in [6, 6.07) is 0. The molecule has 1 aliphatic rings. The van der Waals surface area contributed by atoms with Crippen LogP contribution in [0.2, 0.25) is 0 Å². The molecule has 76 valence electrons. The Morgan fingerprint density at radius 2 is 2.15 bits per heavy atom. The lowest BCUT2D eigenvalue weighted by molar-refractivity contribution is 0.229. The monoisotopic (exact) mass is 182 g/mol. The molecule has 0 radical (unpaired) electrons. The molecule has 1 fully saturated rings. The number of allylic oxidation sites excluding steroid dienone is 1. The predicted octanol–water partition coefficient (Wildman–Crippen LogP) is 3.14. The van der Waals surface area contributed by atoms with E-state index >= 15 is 0 Å². The van der Waals surface area contributed by atoms with Crippen LogP contribution < -0.4 is 0 Å². The SMILES string of the molecule is CC(O)/C=C1/C(C)CCCC1(C)C. The number of hydrogen-bond acceptors (Lipinski definition) is 1. The number of aliphatic hydroxyl groups is 1. The van der Waals surface area contributed by atoms with Crippen molar-refractivity contribution < 1.29 is 5.11 Å². The number of hydrogen-bond donors (Lipinski definition) is 1. The first-order valence-corrected chi connectivity index (χ1v) is 5.34. The Labute approximate surface area is 81.9 Å². The van der Waals surface area contributed by atoms with Gasteiger partial charge in [-0.15, -0.1) is 0 Å². The maximum atomic E-state index is 9.38. The lowest BCUT2D eigenvalue weighted by Gasteiger charge is -2.37. The molecule has 2 atom stereocenters. The zero-order valence-electron chi connectivity index (χ0n) is 9.30. The Morgan fingerprint density at radius 3 is 2.62 bits per heavy atom. The minimum atomic E-state index is -0.296. The number of rotatable bonds is 1. The van der Waals surface area contributed by atoms with E-state index in [9.17, 15) is 5.11 Å². The highest BCUT2D eigenvalue weighted by Crippen LogP contribution is 2.43. The van der Waals surface area contributed by atoms with Crippen molar-refractivity contribution in [3.8, 4) is 0 Å². The highest BCUT2D eigenvalue weighted by atomic mass is 16.3. The van der Waals surface area contributed by atoms with Gasteiger partial charge >= 0.3 is 0 Å². The van der Waals surface area contributed by atoms with Gasteiger partial charge in [-0.05, 0) is 31.1 Å². The van der Waals surface area contributed by atoms with Crippen molar-refractivity contribution in [2.75, 3.05) is 0 Å². The molecular weight excluding hydrogens is 160 g/mol. The topological polar surface area (TPSA) is 20.2 Å². The Kier molecular flexibility index (Phi) is 3.18. The molecule has 0 aliphatic heterocycles. The van der Waals surface area contributed by atoms with Crippen LogP contribution in [-0.4, -0.2) is 11.2 Å². The molecule has 0 bridgehead atoms. The van der Waals surface area contributed by atoms with Crippen LogP contribution in [0.25, 0.3) is 0 Å². The first-order chi connectivity index (χ1) is 5.93. The van der Waals surface area contributed by atoms with Crippen molar-refractivity contribution in [3.63, 3.8) is 0 Å². The molecule has 0 spiro atoms. The van der Waals surface area contributed by atoms with Crippen molar-refractivity contribution in [2.24, 2.45) is 11.3 Å². The molecule has 1 N–H and O–H groups in total. The Morgan fingerprint density at radius 1 is 1.54 bits per heavy atom. The summed E-state index contributed by atoms with van der Waals surface area (Å²) in [5, 5.41) is 9.38. The van der Waals surface area contributed by atoms with Crippen molar-refractivity contribution >= 4 is 0 Å². The summed E-state index contributed by atoms with van der Waals surface area (Å²) in [6.45, 7) is 8.69. The quantitative estimate of drug-likeness (QED) is 0.618. The van der Waals surface area contributed by atoms with Gasteiger partial charge in [0, 0.05) is 0 Å². The van der Waals surface area contributed by atoms with Crippen LogP contribution in [0.15, 0.2) is 11.6 Å². The minimum Gasteiger partial charge on any atom is -0.389 e. The molecule has 1 saturated carbocycles. The Bertz CT molecular complexity index is 201. The third-order valence-electron chi connectivity index (χ3n) is 3.17.